The number of halogens is 2. The summed E-state index contributed by atoms with van der Waals surface area (Å²) in [7, 11) is 1.56. The quantitative estimate of drug-likeness (QED) is 0.342. The van der Waals surface area contributed by atoms with Crippen LogP contribution >= 0.6 is 23.2 Å². The molecular formula is C22H18Cl2N2O4. The van der Waals surface area contributed by atoms with Crippen LogP contribution in [0.5, 0.6) is 11.5 Å². The van der Waals surface area contributed by atoms with Gasteiger partial charge in [-0.25, -0.2) is 4.79 Å². The molecule has 0 aromatic heterocycles. The Morgan fingerprint density at radius 2 is 1.83 bits per heavy atom. The van der Waals surface area contributed by atoms with Crippen LogP contribution in [0.2, 0.25) is 10.0 Å². The standard InChI is InChI=1S/C22H18Cl2N2O4/c1-29-20-9-2-14(12-25-26-18-7-4-15(5-8-18)22(27)28)10-21(20)30-13-16-3-6-17(23)11-19(16)24/h2-12,26H,13H2,1H3,(H,27,28)/b25-12+. The molecule has 0 saturated heterocycles. The molecule has 0 bridgehead atoms. The molecule has 30 heavy (non-hydrogen) atoms. The van der Waals surface area contributed by atoms with Crippen molar-refractivity contribution >= 4 is 41.1 Å². The van der Waals surface area contributed by atoms with Crippen molar-refractivity contribution in [2.45, 2.75) is 6.61 Å². The molecule has 3 aromatic rings. The van der Waals surface area contributed by atoms with Gasteiger partial charge in [0.2, 0.25) is 0 Å². The Morgan fingerprint density at radius 3 is 2.50 bits per heavy atom. The number of nitrogens with one attached hydrogen (secondary N) is 1. The fourth-order valence-electron chi connectivity index (χ4n) is 2.55. The Morgan fingerprint density at radius 1 is 1.07 bits per heavy atom. The largest absolute Gasteiger partial charge is 0.493 e. The Kier molecular flexibility index (Phi) is 7.17. The van der Waals surface area contributed by atoms with Gasteiger partial charge in [-0.15, -0.1) is 0 Å². The monoisotopic (exact) mass is 444 g/mol. The number of nitrogens with zero attached hydrogens (tertiary/aromatic N) is 1. The average Bonchev–Trinajstić information content (AvgIpc) is 2.73. The minimum atomic E-state index is -0.976. The zero-order valence-electron chi connectivity index (χ0n) is 15.9. The molecule has 8 heteroatoms. The number of aromatic carboxylic acids is 1. The number of methoxy groups -OCH3 is 1. The van der Waals surface area contributed by atoms with Gasteiger partial charge in [-0.1, -0.05) is 29.3 Å². The third-order valence-corrected chi connectivity index (χ3v) is 4.71. The van der Waals surface area contributed by atoms with Gasteiger partial charge in [0.15, 0.2) is 11.5 Å². The van der Waals surface area contributed by atoms with Gasteiger partial charge >= 0.3 is 5.97 Å². The molecule has 0 amide bonds. The molecule has 0 heterocycles. The predicted molar refractivity (Wildman–Crippen MR) is 118 cm³/mol. The first-order valence-electron chi connectivity index (χ1n) is 8.83. The van der Waals surface area contributed by atoms with Crippen LogP contribution < -0.4 is 14.9 Å². The number of hydrogen-bond donors (Lipinski definition) is 2. The molecule has 0 saturated carbocycles. The highest BCUT2D eigenvalue weighted by atomic mass is 35.5. The maximum atomic E-state index is 10.9. The van der Waals surface area contributed by atoms with Crippen molar-refractivity contribution in [2.24, 2.45) is 5.10 Å². The summed E-state index contributed by atoms with van der Waals surface area (Å²) in [6.07, 6.45) is 1.62. The van der Waals surface area contributed by atoms with E-state index >= 15 is 0 Å². The highest BCUT2D eigenvalue weighted by Crippen LogP contribution is 2.30. The fourth-order valence-corrected chi connectivity index (χ4v) is 3.01. The number of hydrazone groups is 1. The van der Waals surface area contributed by atoms with E-state index in [-0.39, 0.29) is 12.2 Å². The molecule has 0 aliphatic heterocycles. The van der Waals surface area contributed by atoms with E-state index in [9.17, 15) is 4.79 Å². The summed E-state index contributed by atoms with van der Waals surface area (Å²) in [4.78, 5) is 10.9. The predicted octanol–water partition coefficient (Wildman–Crippen LogP) is 5.73. The van der Waals surface area contributed by atoms with E-state index in [0.717, 1.165) is 11.1 Å². The van der Waals surface area contributed by atoms with Crippen LogP contribution in [0.15, 0.2) is 65.8 Å². The highest BCUT2D eigenvalue weighted by Gasteiger charge is 2.08. The Balaban J connectivity index is 1.68. The van der Waals surface area contributed by atoms with Crippen LogP contribution in [0.1, 0.15) is 21.5 Å². The molecule has 2 N–H and O–H groups in total. The molecule has 0 atom stereocenters. The van der Waals surface area contributed by atoms with Crippen molar-refractivity contribution in [2.75, 3.05) is 12.5 Å². The van der Waals surface area contributed by atoms with Crippen LogP contribution in [0.4, 0.5) is 5.69 Å². The molecule has 0 aliphatic carbocycles. The SMILES string of the molecule is COc1ccc(/C=N/Nc2ccc(C(=O)O)cc2)cc1OCc1ccc(Cl)cc1Cl. The number of anilines is 1. The molecule has 0 fully saturated rings. The van der Waals surface area contributed by atoms with Gasteiger partial charge < -0.3 is 14.6 Å². The lowest BCUT2D eigenvalue weighted by Gasteiger charge is -2.12. The van der Waals surface area contributed by atoms with Crippen LogP contribution in [-0.4, -0.2) is 24.4 Å². The molecular weight excluding hydrogens is 427 g/mol. The topological polar surface area (TPSA) is 80.2 Å². The average molecular weight is 445 g/mol. The lowest BCUT2D eigenvalue weighted by atomic mass is 10.2. The lowest BCUT2D eigenvalue weighted by molar-refractivity contribution is 0.0697. The van der Waals surface area contributed by atoms with E-state index in [1.165, 1.54) is 12.1 Å². The second-order valence-electron chi connectivity index (χ2n) is 6.19. The number of ether oxygens (including phenoxy) is 2. The summed E-state index contributed by atoms with van der Waals surface area (Å²) in [5.74, 6) is 0.142. The van der Waals surface area contributed by atoms with Crippen molar-refractivity contribution in [3.8, 4) is 11.5 Å². The lowest BCUT2D eigenvalue weighted by Crippen LogP contribution is -2.00. The van der Waals surface area contributed by atoms with Crippen LogP contribution in [0.25, 0.3) is 0 Å². The normalized spacial score (nSPS) is 10.8. The summed E-state index contributed by atoms with van der Waals surface area (Å²) >= 11 is 12.1. The molecule has 0 spiro atoms. The van der Waals surface area contributed by atoms with E-state index in [2.05, 4.69) is 10.5 Å². The van der Waals surface area contributed by atoms with Gasteiger partial charge in [0.05, 0.1) is 24.6 Å². The van der Waals surface area contributed by atoms with Gasteiger partial charge in [0, 0.05) is 15.6 Å². The first-order valence-corrected chi connectivity index (χ1v) is 9.59. The number of carboxylic acids is 1. The minimum absolute atomic E-state index is 0.210. The van der Waals surface area contributed by atoms with Crippen molar-refractivity contribution in [1.82, 2.24) is 0 Å². The molecule has 6 nitrogen and oxygen atoms in total. The second-order valence-corrected chi connectivity index (χ2v) is 7.03. The summed E-state index contributed by atoms with van der Waals surface area (Å²) in [5, 5.41) is 14.2. The van der Waals surface area contributed by atoms with Gasteiger partial charge in [-0.3, -0.25) is 5.43 Å². The van der Waals surface area contributed by atoms with Crippen molar-refractivity contribution < 1.29 is 19.4 Å². The number of carbonyl (C=O) groups is 1. The van der Waals surface area contributed by atoms with Crippen molar-refractivity contribution in [1.29, 1.82) is 0 Å². The third-order valence-electron chi connectivity index (χ3n) is 4.13. The van der Waals surface area contributed by atoms with Crippen LogP contribution in [-0.2, 0) is 6.61 Å². The molecule has 154 valence electrons. The van der Waals surface area contributed by atoms with E-state index in [4.69, 9.17) is 37.8 Å². The third kappa shape index (κ3) is 5.65. The molecule has 3 aromatic carbocycles. The van der Waals surface area contributed by atoms with Gasteiger partial charge in [0.25, 0.3) is 0 Å². The fraction of sp³-hybridized carbons (Fsp3) is 0.0909. The van der Waals surface area contributed by atoms with Crippen LogP contribution in [0, 0.1) is 0 Å². The van der Waals surface area contributed by atoms with E-state index in [0.29, 0.717) is 27.2 Å². The Labute approximate surface area is 183 Å². The summed E-state index contributed by atoms with van der Waals surface area (Å²) in [6.45, 7) is 0.251. The van der Waals surface area contributed by atoms with Gasteiger partial charge in [-0.2, -0.15) is 5.10 Å². The highest BCUT2D eigenvalue weighted by molar-refractivity contribution is 6.35. The molecule has 0 aliphatic rings. The minimum Gasteiger partial charge on any atom is -0.493 e. The molecule has 0 radical (unpaired) electrons. The zero-order valence-corrected chi connectivity index (χ0v) is 17.4. The number of benzene rings is 3. The van der Waals surface area contributed by atoms with Crippen LogP contribution in [0.3, 0.4) is 0 Å². The molecule has 3 rings (SSSR count). The first-order chi connectivity index (χ1) is 14.5. The Hall–Kier alpha value is -3.22. The second kappa shape index (κ2) is 10.0. The van der Waals surface area contributed by atoms with Gasteiger partial charge in [0.1, 0.15) is 6.61 Å². The zero-order chi connectivity index (χ0) is 21.5. The number of carboxylic acid groups (broad SMARTS) is 1. The van der Waals surface area contributed by atoms with Crippen molar-refractivity contribution in [3.05, 3.63) is 87.4 Å². The smallest absolute Gasteiger partial charge is 0.335 e. The number of hydrogen-bond acceptors (Lipinski definition) is 5. The number of rotatable bonds is 8. The van der Waals surface area contributed by atoms with Crippen molar-refractivity contribution in [3.63, 3.8) is 0 Å². The summed E-state index contributed by atoms with van der Waals surface area (Å²) in [6, 6.07) is 16.9. The van der Waals surface area contributed by atoms with E-state index in [1.807, 2.05) is 12.1 Å². The first kappa shape index (κ1) is 21.5. The Bertz CT molecular complexity index is 1070. The van der Waals surface area contributed by atoms with Gasteiger partial charge in [-0.05, 0) is 60.2 Å². The van der Waals surface area contributed by atoms with E-state index in [1.54, 1.807) is 49.7 Å². The van der Waals surface area contributed by atoms with E-state index < -0.39 is 5.97 Å². The maximum absolute atomic E-state index is 10.9. The molecule has 0 unspecified atom stereocenters. The summed E-state index contributed by atoms with van der Waals surface area (Å²) in [5.41, 5.74) is 5.31. The maximum Gasteiger partial charge on any atom is 0.335 e. The summed E-state index contributed by atoms with van der Waals surface area (Å²) < 4.78 is 11.2.